The first-order chi connectivity index (χ1) is 15.1. The Balaban J connectivity index is 1.48. The van der Waals surface area contributed by atoms with Crippen molar-refractivity contribution in [3.63, 3.8) is 0 Å². The van der Waals surface area contributed by atoms with Gasteiger partial charge in [0, 0.05) is 39.9 Å². The third-order valence-corrected chi connectivity index (χ3v) is 7.35. The van der Waals surface area contributed by atoms with Gasteiger partial charge in [0.1, 0.15) is 11.3 Å². The summed E-state index contributed by atoms with van der Waals surface area (Å²) < 4.78 is 17.3. The van der Waals surface area contributed by atoms with E-state index in [0.29, 0.717) is 30.0 Å². The number of rotatable bonds is 6. The molecule has 8 nitrogen and oxygen atoms in total. The number of carbonyl (C=O) groups is 1. The van der Waals surface area contributed by atoms with Crippen LogP contribution < -0.4 is 15.0 Å². The summed E-state index contributed by atoms with van der Waals surface area (Å²) in [6.45, 7) is 3.92. The first-order valence-electron chi connectivity index (χ1n) is 10.9. The minimum atomic E-state index is -0.110. The standard InChI is InChI=1S/C22H32N4O4S/c1-25(16-6-4-15(5-7-16)14-28-2)22(27)24-21-23-19-18(29-3)9-8-17(20(19)31-21)26-10-12-30-13-11-26/h8-9,15-16H,4-7,10-14H2,1-3H3,(H,23,24,27). The van der Waals surface area contributed by atoms with E-state index in [1.165, 1.54) is 11.3 Å². The minimum Gasteiger partial charge on any atom is -0.494 e. The highest BCUT2D eigenvalue weighted by atomic mass is 32.1. The maximum absolute atomic E-state index is 12.9. The van der Waals surface area contributed by atoms with Crippen LogP contribution in [-0.2, 0) is 9.47 Å². The van der Waals surface area contributed by atoms with Gasteiger partial charge in [-0.05, 0) is 43.7 Å². The van der Waals surface area contributed by atoms with Gasteiger partial charge in [0.25, 0.3) is 0 Å². The summed E-state index contributed by atoms with van der Waals surface area (Å²) in [5.41, 5.74) is 1.90. The molecule has 4 rings (SSSR count). The Bertz CT molecular complexity index is 891. The van der Waals surface area contributed by atoms with Gasteiger partial charge in [-0.25, -0.2) is 9.78 Å². The van der Waals surface area contributed by atoms with Crippen molar-refractivity contribution in [1.29, 1.82) is 0 Å². The van der Waals surface area contributed by atoms with Crippen LogP contribution >= 0.6 is 11.3 Å². The van der Waals surface area contributed by atoms with Gasteiger partial charge >= 0.3 is 6.03 Å². The summed E-state index contributed by atoms with van der Waals surface area (Å²) in [6, 6.07) is 4.16. The topological polar surface area (TPSA) is 76.2 Å². The number of hydrogen-bond acceptors (Lipinski definition) is 7. The lowest BCUT2D eigenvalue weighted by Gasteiger charge is -2.34. The highest BCUT2D eigenvalue weighted by Gasteiger charge is 2.27. The normalized spacial score (nSPS) is 21.8. The molecule has 170 valence electrons. The maximum atomic E-state index is 12.9. The molecule has 1 N–H and O–H groups in total. The van der Waals surface area contributed by atoms with Crippen LogP contribution in [0, 0.1) is 5.92 Å². The number of thiazole rings is 1. The zero-order valence-corrected chi connectivity index (χ0v) is 19.4. The van der Waals surface area contributed by atoms with Crippen molar-refractivity contribution in [3.05, 3.63) is 12.1 Å². The molecule has 2 amide bonds. The van der Waals surface area contributed by atoms with E-state index < -0.39 is 0 Å². The molecule has 0 atom stereocenters. The van der Waals surface area contributed by atoms with Crippen LogP contribution in [-0.4, -0.2) is 76.1 Å². The van der Waals surface area contributed by atoms with Crippen molar-refractivity contribution in [2.24, 2.45) is 5.92 Å². The van der Waals surface area contributed by atoms with Crippen LogP contribution in [0.1, 0.15) is 25.7 Å². The number of benzene rings is 1. The number of anilines is 2. The van der Waals surface area contributed by atoms with Gasteiger partial charge in [-0.15, -0.1) is 0 Å². The molecular formula is C22H32N4O4S. The summed E-state index contributed by atoms with van der Waals surface area (Å²) in [5, 5.41) is 3.61. The molecule has 2 aromatic rings. The molecule has 31 heavy (non-hydrogen) atoms. The number of amides is 2. The number of aromatic nitrogens is 1. The van der Waals surface area contributed by atoms with Gasteiger partial charge in [0.2, 0.25) is 0 Å². The van der Waals surface area contributed by atoms with Crippen molar-refractivity contribution in [2.45, 2.75) is 31.7 Å². The predicted octanol–water partition coefficient (Wildman–Crippen LogP) is 3.81. The van der Waals surface area contributed by atoms with Crippen molar-refractivity contribution in [2.75, 3.05) is 64.4 Å². The van der Waals surface area contributed by atoms with Gasteiger partial charge in [0.05, 0.1) is 30.7 Å². The summed E-state index contributed by atoms with van der Waals surface area (Å²) >= 11 is 1.50. The molecule has 1 aromatic heterocycles. The Morgan fingerprint density at radius 1 is 1.26 bits per heavy atom. The van der Waals surface area contributed by atoms with E-state index in [4.69, 9.17) is 19.2 Å². The SMILES string of the molecule is COCC1CCC(N(C)C(=O)Nc2nc3c(OC)ccc(N4CCOCC4)c3s2)CC1. The van der Waals surface area contributed by atoms with Gasteiger partial charge in [-0.1, -0.05) is 11.3 Å². The molecule has 1 aliphatic heterocycles. The summed E-state index contributed by atoms with van der Waals surface area (Å²) in [7, 11) is 5.28. The van der Waals surface area contributed by atoms with Crippen LogP contribution in [0.3, 0.4) is 0 Å². The van der Waals surface area contributed by atoms with Gasteiger partial charge in [-0.3, -0.25) is 5.32 Å². The van der Waals surface area contributed by atoms with Crippen molar-refractivity contribution >= 4 is 38.4 Å². The second kappa shape index (κ2) is 10.0. The average Bonchev–Trinajstić information content (AvgIpc) is 3.22. The molecular weight excluding hydrogens is 416 g/mol. The lowest BCUT2D eigenvalue weighted by molar-refractivity contribution is 0.108. The van der Waals surface area contributed by atoms with Gasteiger partial charge < -0.3 is 24.0 Å². The molecule has 0 radical (unpaired) electrons. The molecule has 0 spiro atoms. The van der Waals surface area contributed by atoms with Crippen LogP contribution in [0.25, 0.3) is 10.2 Å². The third-order valence-electron chi connectivity index (χ3n) is 6.36. The summed E-state index contributed by atoms with van der Waals surface area (Å²) in [5.74, 6) is 1.32. The Morgan fingerprint density at radius 3 is 2.68 bits per heavy atom. The predicted molar refractivity (Wildman–Crippen MR) is 124 cm³/mol. The van der Waals surface area contributed by atoms with E-state index in [9.17, 15) is 4.79 Å². The number of ether oxygens (including phenoxy) is 3. The number of hydrogen-bond donors (Lipinski definition) is 1. The number of methoxy groups -OCH3 is 2. The number of nitrogens with zero attached hydrogens (tertiary/aromatic N) is 3. The molecule has 9 heteroatoms. The summed E-state index contributed by atoms with van der Waals surface area (Å²) in [6.07, 6.45) is 4.20. The van der Waals surface area contributed by atoms with E-state index >= 15 is 0 Å². The largest absolute Gasteiger partial charge is 0.494 e. The van der Waals surface area contributed by atoms with Crippen molar-refractivity contribution in [1.82, 2.24) is 9.88 Å². The highest BCUT2D eigenvalue weighted by Crippen LogP contribution is 2.39. The Morgan fingerprint density at radius 2 is 2.00 bits per heavy atom. The van der Waals surface area contributed by atoms with Crippen LogP contribution in [0.5, 0.6) is 5.75 Å². The Labute approximate surface area is 187 Å². The van der Waals surface area contributed by atoms with Crippen molar-refractivity contribution in [3.8, 4) is 5.75 Å². The number of morpholine rings is 1. The Kier molecular flexibility index (Phi) is 7.14. The fourth-order valence-electron chi connectivity index (χ4n) is 4.52. The zero-order chi connectivity index (χ0) is 21.8. The summed E-state index contributed by atoms with van der Waals surface area (Å²) in [4.78, 5) is 21.8. The molecule has 2 fully saturated rings. The monoisotopic (exact) mass is 448 g/mol. The number of carbonyl (C=O) groups excluding carboxylic acids is 1. The maximum Gasteiger partial charge on any atom is 0.323 e. The highest BCUT2D eigenvalue weighted by molar-refractivity contribution is 7.23. The molecule has 1 aromatic carbocycles. The van der Waals surface area contributed by atoms with Crippen LogP contribution in [0.2, 0.25) is 0 Å². The third kappa shape index (κ3) is 4.88. The quantitative estimate of drug-likeness (QED) is 0.724. The van der Waals surface area contributed by atoms with E-state index in [1.807, 2.05) is 18.0 Å². The molecule has 2 heterocycles. The average molecular weight is 449 g/mol. The zero-order valence-electron chi connectivity index (χ0n) is 18.6. The molecule has 2 aliphatic rings. The van der Waals surface area contributed by atoms with Crippen LogP contribution in [0.15, 0.2) is 12.1 Å². The Hall–Kier alpha value is -2.10. The van der Waals surface area contributed by atoms with Crippen LogP contribution in [0.4, 0.5) is 15.6 Å². The smallest absolute Gasteiger partial charge is 0.323 e. The lowest BCUT2D eigenvalue weighted by atomic mass is 9.86. The van der Waals surface area contributed by atoms with Gasteiger partial charge in [0.15, 0.2) is 5.13 Å². The van der Waals surface area contributed by atoms with E-state index in [1.54, 1.807) is 14.2 Å². The second-order valence-corrected chi connectivity index (χ2v) is 9.25. The molecule has 0 bridgehead atoms. The molecule has 1 saturated carbocycles. The first-order valence-corrected chi connectivity index (χ1v) is 11.7. The first kappa shape index (κ1) is 22.1. The van der Waals surface area contributed by atoms with Gasteiger partial charge in [-0.2, -0.15) is 0 Å². The fourth-order valence-corrected chi connectivity index (χ4v) is 5.53. The second-order valence-electron chi connectivity index (χ2n) is 8.25. The number of fused-ring (bicyclic) bond motifs is 1. The number of nitrogens with one attached hydrogen (secondary N) is 1. The fraction of sp³-hybridized carbons (Fsp3) is 0.636. The van der Waals surface area contributed by atoms with Crippen molar-refractivity contribution < 1.29 is 19.0 Å². The minimum absolute atomic E-state index is 0.110. The van der Waals surface area contributed by atoms with E-state index in [0.717, 1.165) is 61.3 Å². The number of urea groups is 1. The molecule has 0 unspecified atom stereocenters. The van der Waals surface area contributed by atoms with E-state index in [-0.39, 0.29) is 12.1 Å². The van der Waals surface area contributed by atoms with E-state index in [2.05, 4.69) is 16.3 Å². The molecule has 1 aliphatic carbocycles. The molecule has 1 saturated heterocycles. The lowest BCUT2D eigenvalue weighted by Crippen LogP contribution is -2.42.